The van der Waals surface area contributed by atoms with Gasteiger partial charge >= 0.3 is 0 Å². The molecule has 0 spiro atoms. The van der Waals surface area contributed by atoms with E-state index in [1.807, 2.05) is 54.6 Å². The number of benzene rings is 3. The van der Waals surface area contributed by atoms with Crippen LogP contribution < -0.4 is 11.5 Å². The van der Waals surface area contributed by atoms with E-state index in [4.69, 9.17) is 16.0 Å². The number of nitrogen functional groups attached to an aromatic ring is 1. The zero-order valence-corrected chi connectivity index (χ0v) is 14.6. The zero-order chi connectivity index (χ0) is 18.8. The summed E-state index contributed by atoms with van der Waals surface area (Å²) in [6.07, 6.45) is 2.70. The molecule has 0 atom stereocenters. The molecule has 4 rings (SSSR count). The summed E-state index contributed by atoms with van der Waals surface area (Å²) in [6.45, 7) is 0. The molecule has 0 saturated carbocycles. The molecule has 0 aliphatic heterocycles. The summed E-state index contributed by atoms with van der Waals surface area (Å²) in [4.78, 5) is 11.6. The van der Waals surface area contributed by atoms with Gasteiger partial charge < -0.3 is 16.0 Å². The molecule has 3 aromatic carbocycles. The lowest BCUT2D eigenvalue weighted by molar-refractivity contribution is 0.0999. The summed E-state index contributed by atoms with van der Waals surface area (Å²) in [5.74, 6) is -0.0147. The number of amides is 1. The van der Waals surface area contributed by atoms with E-state index in [0.29, 0.717) is 23.4 Å². The van der Waals surface area contributed by atoms with E-state index in [9.17, 15) is 4.79 Å². The van der Waals surface area contributed by atoms with E-state index < -0.39 is 5.91 Å². The van der Waals surface area contributed by atoms with Crippen LogP contribution in [0.1, 0.15) is 21.5 Å². The first-order chi connectivity index (χ1) is 13.1. The summed E-state index contributed by atoms with van der Waals surface area (Å²) >= 11 is 0. The summed E-state index contributed by atoms with van der Waals surface area (Å²) in [5.41, 5.74) is 16.5. The lowest BCUT2D eigenvalue weighted by atomic mass is 9.97. The Labute approximate surface area is 156 Å². The molecule has 4 N–H and O–H groups in total. The summed E-state index contributed by atoms with van der Waals surface area (Å²) in [6, 6.07) is 21.4. The Hall–Kier alpha value is -3.60. The van der Waals surface area contributed by atoms with Crippen LogP contribution >= 0.6 is 0 Å². The molecule has 5 heteroatoms. The van der Waals surface area contributed by atoms with Crippen LogP contribution in [-0.4, -0.2) is 11.1 Å². The van der Waals surface area contributed by atoms with Gasteiger partial charge in [-0.3, -0.25) is 4.79 Å². The van der Waals surface area contributed by atoms with Crippen molar-refractivity contribution in [2.75, 3.05) is 5.73 Å². The monoisotopic (exact) mass is 356 g/mol. The molecule has 0 bridgehead atoms. The normalized spacial score (nSPS) is 11.0. The van der Waals surface area contributed by atoms with E-state index in [2.05, 4.69) is 17.6 Å². The molecule has 27 heavy (non-hydrogen) atoms. The number of anilines is 1. The highest BCUT2D eigenvalue weighted by atomic mass is 16.5. The Balaban J connectivity index is 1.58. The van der Waals surface area contributed by atoms with Crippen molar-refractivity contribution in [1.82, 2.24) is 5.16 Å². The lowest BCUT2D eigenvalue weighted by Crippen LogP contribution is -2.13. The van der Waals surface area contributed by atoms with Gasteiger partial charge in [0.1, 0.15) is 0 Å². The van der Waals surface area contributed by atoms with E-state index >= 15 is 0 Å². The van der Waals surface area contributed by atoms with Crippen LogP contribution in [0.2, 0.25) is 0 Å². The van der Waals surface area contributed by atoms with Crippen molar-refractivity contribution >= 4 is 22.7 Å². The molecular weight excluding hydrogens is 338 g/mol. The fourth-order valence-electron chi connectivity index (χ4n) is 3.15. The molecule has 1 amide bonds. The predicted molar refractivity (Wildman–Crippen MR) is 106 cm³/mol. The van der Waals surface area contributed by atoms with Crippen LogP contribution in [0, 0.1) is 6.42 Å². The quantitative estimate of drug-likeness (QED) is 0.565. The first kappa shape index (κ1) is 16.8. The third kappa shape index (κ3) is 3.40. The van der Waals surface area contributed by atoms with Crippen LogP contribution in [0.25, 0.3) is 22.1 Å². The maximum Gasteiger partial charge on any atom is 0.248 e. The van der Waals surface area contributed by atoms with Crippen molar-refractivity contribution in [1.29, 1.82) is 0 Å². The number of aromatic nitrogens is 1. The third-order valence-electron chi connectivity index (χ3n) is 4.56. The number of primary amides is 1. The van der Waals surface area contributed by atoms with E-state index in [1.54, 1.807) is 6.07 Å². The topological polar surface area (TPSA) is 95.1 Å². The minimum absolute atomic E-state index is 0.395. The smallest absolute Gasteiger partial charge is 0.248 e. The van der Waals surface area contributed by atoms with Crippen molar-refractivity contribution in [3.63, 3.8) is 0 Å². The maximum atomic E-state index is 11.6. The largest absolute Gasteiger partial charge is 0.380 e. The van der Waals surface area contributed by atoms with Gasteiger partial charge in [-0.1, -0.05) is 53.7 Å². The van der Waals surface area contributed by atoms with Crippen LogP contribution in [0.5, 0.6) is 0 Å². The van der Waals surface area contributed by atoms with Gasteiger partial charge in [0.25, 0.3) is 0 Å². The predicted octanol–water partition coefficient (Wildman–Crippen LogP) is 3.97. The van der Waals surface area contributed by atoms with Crippen molar-refractivity contribution in [2.24, 2.45) is 5.73 Å². The molecule has 1 heterocycles. The first-order valence-electron chi connectivity index (χ1n) is 8.58. The standard InChI is InChI=1S/C22H18N3O2/c23-21-19-11-10-17(13-20(19)27-25-21)16-6-3-4-14(12-16)8-9-15-5-1-2-7-18(15)22(24)26/h1-8,10-13H,9H2,(H2,23,25)(H2,24,26). The van der Waals surface area contributed by atoms with Crippen molar-refractivity contribution in [2.45, 2.75) is 6.42 Å². The SMILES string of the molecule is NC(=O)c1ccccc1C[CH]c1cccc(-c2ccc3c(N)noc3c2)c1. The molecule has 133 valence electrons. The second-order valence-corrected chi connectivity index (χ2v) is 6.33. The van der Waals surface area contributed by atoms with Crippen LogP contribution in [-0.2, 0) is 6.42 Å². The number of hydrogen-bond acceptors (Lipinski definition) is 4. The molecule has 0 unspecified atom stereocenters. The third-order valence-corrected chi connectivity index (χ3v) is 4.56. The summed E-state index contributed by atoms with van der Waals surface area (Å²) in [5, 5.41) is 4.60. The minimum Gasteiger partial charge on any atom is -0.380 e. The van der Waals surface area contributed by atoms with Gasteiger partial charge in [0.05, 0.1) is 5.39 Å². The zero-order valence-electron chi connectivity index (χ0n) is 14.6. The fourth-order valence-corrected chi connectivity index (χ4v) is 3.15. The Morgan fingerprint density at radius 2 is 1.81 bits per heavy atom. The molecule has 0 fully saturated rings. The number of nitrogens with zero attached hydrogens (tertiary/aromatic N) is 1. The van der Waals surface area contributed by atoms with Crippen LogP contribution in [0.3, 0.4) is 0 Å². The number of hydrogen-bond donors (Lipinski definition) is 2. The van der Waals surface area contributed by atoms with Gasteiger partial charge in [0, 0.05) is 5.56 Å². The number of carbonyl (C=O) groups is 1. The van der Waals surface area contributed by atoms with E-state index in [1.165, 1.54) is 0 Å². The van der Waals surface area contributed by atoms with Gasteiger partial charge in [-0.25, -0.2) is 0 Å². The summed E-state index contributed by atoms with van der Waals surface area (Å²) in [7, 11) is 0. The van der Waals surface area contributed by atoms with Crippen molar-refractivity contribution in [3.8, 4) is 11.1 Å². The van der Waals surface area contributed by atoms with E-state index in [0.717, 1.165) is 27.6 Å². The number of nitrogens with two attached hydrogens (primary N) is 2. The molecule has 4 aromatic rings. The molecule has 0 aliphatic rings. The first-order valence-corrected chi connectivity index (χ1v) is 8.58. The van der Waals surface area contributed by atoms with Crippen LogP contribution in [0.4, 0.5) is 5.82 Å². The number of rotatable bonds is 5. The number of fused-ring (bicyclic) bond motifs is 1. The molecule has 5 nitrogen and oxygen atoms in total. The highest BCUT2D eigenvalue weighted by Gasteiger charge is 2.09. The maximum absolute atomic E-state index is 11.6. The Bertz CT molecular complexity index is 1130. The summed E-state index contributed by atoms with van der Waals surface area (Å²) < 4.78 is 5.26. The molecule has 1 aromatic heterocycles. The molecular formula is C22H18N3O2. The van der Waals surface area contributed by atoms with Crippen molar-refractivity contribution in [3.05, 3.63) is 89.8 Å². The highest BCUT2D eigenvalue weighted by molar-refractivity contribution is 5.94. The second kappa shape index (κ2) is 6.96. The molecule has 1 radical (unpaired) electrons. The minimum atomic E-state index is -0.410. The second-order valence-electron chi connectivity index (χ2n) is 6.33. The highest BCUT2D eigenvalue weighted by Crippen LogP contribution is 2.28. The Kier molecular flexibility index (Phi) is 4.34. The molecule has 0 aliphatic carbocycles. The van der Waals surface area contributed by atoms with Gasteiger partial charge in [0.2, 0.25) is 5.91 Å². The van der Waals surface area contributed by atoms with Gasteiger partial charge in [-0.05, 0) is 53.3 Å². The van der Waals surface area contributed by atoms with Gasteiger partial charge in [0.15, 0.2) is 11.4 Å². The lowest BCUT2D eigenvalue weighted by Gasteiger charge is -2.08. The average molecular weight is 356 g/mol. The van der Waals surface area contributed by atoms with Gasteiger partial charge in [-0.2, -0.15) is 0 Å². The molecule has 0 saturated heterocycles. The number of carbonyl (C=O) groups excluding carboxylic acids is 1. The van der Waals surface area contributed by atoms with Crippen LogP contribution in [0.15, 0.2) is 71.3 Å². The Morgan fingerprint density at radius 3 is 2.67 bits per heavy atom. The fraction of sp³-hybridized carbons (Fsp3) is 0.0455. The Morgan fingerprint density at radius 1 is 1.00 bits per heavy atom. The van der Waals surface area contributed by atoms with Crippen molar-refractivity contribution < 1.29 is 9.32 Å². The van der Waals surface area contributed by atoms with E-state index in [-0.39, 0.29) is 0 Å². The van der Waals surface area contributed by atoms with Gasteiger partial charge in [-0.15, -0.1) is 0 Å². The average Bonchev–Trinajstić information content (AvgIpc) is 3.07.